The summed E-state index contributed by atoms with van der Waals surface area (Å²) in [6.07, 6.45) is 5.17. The molecule has 1 aliphatic rings. The van der Waals surface area contributed by atoms with Crippen molar-refractivity contribution in [3.05, 3.63) is 22.4 Å². The minimum absolute atomic E-state index is 0.0780. The van der Waals surface area contributed by atoms with Crippen LogP contribution < -0.4 is 5.32 Å². The maximum atomic E-state index is 11.5. The normalized spacial score (nSPS) is 20.1. The Hall–Kier alpha value is -0.870. The molecule has 17 heavy (non-hydrogen) atoms. The summed E-state index contributed by atoms with van der Waals surface area (Å²) >= 11 is 1.62. The van der Waals surface area contributed by atoms with Crippen molar-refractivity contribution in [2.24, 2.45) is 0 Å². The summed E-state index contributed by atoms with van der Waals surface area (Å²) in [7, 11) is 0. The maximum absolute atomic E-state index is 11.5. The number of esters is 1. The van der Waals surface area contributed by atoms with E-state index in [4.69, 9.17) is 4.74 Å². The van der Waals surface area contributed by atoms with Gasteiger partial charge in [-0.2, -0.15) is 0 Å². The largest absolute Gasteiger partial charge is 0.460 e. The van der Waals surface area contributed by atoms with Gasteiger partial charge in [0, 0.05) is 17.3 Å². The Balaban J connectivity index is 1.60. The van der Waals surface area contributed by atoms with Gasteiger partial charge in [0.2, 0.25) is 0 Å². The van der Waals surface area contributed by atoms with Crippen molar-refractivity contribution in [3.63, 3.8) is 0 Å². The van der Waals surface area contributed by atoms with E-state index in [0.717, 1.165) is 17.8 Å². The van der Waals surface area contributed by atoms with Gasteiger partial charge in [0.1, 0.15) is 6.61 Å². The van der Waals surface area contributed by atoms with Crippen molar-refractivity contribution in [3.8, 4) is 0 Å². The first-order valence-corrected chi connectivity index (χ1v) is 7.14. The average Bonchev–Trinajstić information content (AvgIpc) is 2.88. The summed E-state index contributed by atoms with van der Waals surface area (Å²) < 4.78 is 5.22. The Bertz CT molecular complexity index is 331. The van der Waals surface area contributed by atoms with E-state index in [1.165, 1.54) is 19.3 Å². The highest BCUT2D eigenvalue weighted by Gasteiger charge is 2.14. The molecule has 1 N–H and O–H groups in total. The van der Waals surface area contributed by atoms with Gasteiger partial charge in [0.15, 0.2) is 0 Å². The molecular formula is C13H19NO2S. The maximum Gasteiger partial charge on any atom is 0.306 e. The van der Waals surface area contributed by atoms with Crippen molar-refractivity contribution in [2.45, 2.75) is 44.8 Å². The van der Waals surface area contributed by atoms with Gasteiger partial charge in [-0.3, -0.25) is 4.79 Å². The smallest absolute Gasteiger partial charge is 0.306 e. The van der Waals surface area contributed by atoms with Crippen LogP contribution in [0, 0.1) is 0 Å². The Labute approximate surface area is 106 Å². The fourth-order valence-corrected chi connectivity index (χ4v) is 2.70. The van der Waals surface area contributed by atoms with Gasteiger partial charge in [-0.1, -0.05) is 12.5 Å². The Morgan fingerprint density at radius 1 is 1.53 bits per heavy atom. The van der Waals surface area contributed by atoms with E-state index in [1.807, 2.05) is 17.5 Å². The first kappa shape index (κ1) is 12.6. The Kier molecular flexibility index (Phi) is 5.01. The number of hydrogen-bond acceptors (Lipinski definition) is 4. The third-order valence-electron chi connectivity index (χ3n) is 3.06. The van der Waals surface area contributed by atoms with Crippen molar-refractivity contribution < 1.29 is 9.53 Å². The zero-order chi connectivity index (χ0) is 11.9. The van der Waals surface area contributed by atoms with Crippen molar-refractivity contribution in [1.82, 2.24) is 5.32 Å². The van der Waals surface area contributed by atoms with Crippen molar-refractivity contribution >= 4 is 17.3 Å². The third-order valence-corrected chi connectivity index (χ3v) is 3.91. The topological polar surface area (TPSA) is 38.3 Å². The zero-order valence-electron chi connectivity index (χ0n) is 9.98. The molecule has 0 spiro atoms. The summed E-state index contributed by atoms with van der Waals surface area (Å²) in [6.45, 7) is 1.52. The Morgan fingerprint density at radius 3 is 3.18 bits per heavy atom. The minimum Gasteiger partial charge on any atom is -0.460 e. The molecule has 1 unspecified atom stereocenters. The zero-order valence-corrected chi connectivity index (χ0v) is 10.8. The molecule has 2 heterocycles. The van der Waals surface area contributed by atoms with Crippen LogP contribution in [0.1, 0.15) is 37.0 Å². The predicted octanol–water partition coefficient (Wildman–Crippen LogP) is 2.71. The fourth-order valence-electron chi connectivity index (χ4n) is 2.08. The average molecular weight is 253 g/mol. The van der Waals surface area contributed by atoms with Gasteiger partial charge in [-0.05, 0) is 37.3 Å². The molecule has 1 saturated heterocycles. The summed E-state index contributed by atoms with van der Waals surface area (Å²) in [5.41, 5.74) is 0. The highest BCUT2D eigenvalue weighted by molar-refractivity contribution is 7.09. The molecule has 94 valence electrons. The van der Waals surface area contributed by atoms with Gasteiger partial charge < -0.3 is 10.1 Å². The summed E-state index contributed by atoms with van der Waals surface area (Å²) in [5, 5.41) is 5.43. The van der Waals surface area contributed by atoms with Crippen LogP contribution in [0.5, 0.6) is 0 Å². The number of piperidine rings is 1. The van der Waals surface area contributed by atoms with Crippen LogP contribution >= 0.6 is 11.3 Å². The molecular weight excluding hydrogens is 234 g/mol. The lowest BCUT2D eigenvalue weighted by Crippen LogP contribution is -2.34. The molecule has 2 rings (SSSR count). The lowest BCUT2D eigenvalue weighted by molar-refractivity contribution is -0.145. The monoisotopic (exact) mass is 253 g/mol. The first-order chi connectivity index (χ1) is 8.34. The van der Waals surface area contributed by atoms with Crippen LogP contribution in [0.2, 0.25) is 0 Å². The molecule has 0 aliphatic carbocycles. The Morgan fingerprint density at radius 2 is 2.47 bits per heavy atom. The molecule has 0 saturated carbocycles. The standard InChI is InChI=1S/C13H19NO2S/c15-13(16-10-12-5-3-9-17-12)7-6-11-4-1-2-8-14-11/h3,5,9,11,14H,1-2,4,6-8,10H2. The number of hydrogen-bond donors (Lipinski definition) is 1. The quantitative estimate of drug-likeness (QED) is 0.820. The van der Waals surface area contributed by atoms with Crippen LogP contribution in [-0.4, -0.2) is 18.6 Å². The highest BCUT2D eigenvalue weighted by Crippen LogP contribution is 2.13. The molecule has 0 amide bonds. The second kappa shape index (κ2) is 6.77. The molecule has 4 heteroatoms. The number of rotatable bonds is 5. The van der Waals surface area contributed by atoms with E-state index in [9.17, 15) is 4.79 Å². The molecule has 1 fully saturated rings. The predicted molar refractivity (Wildman–Crippen MR) is 69.0 cm³/mol. The van der Waals surface area contributed by atoms with Gasteiger partial charge in [-0.25, -0.2) is 0 Å². The second-order valence-electron chi connectivity index (χ2n) is 4.43. The number of thiophene rings is 1. The van der Waals surface area contributed by atoms with Crippen molar-refractivity contribution in [2.75, 3.05) is 6.54 Å². The molecule has 1 aromatic heterocycles. The minimum atomic E-state index is -0.0780. The number of ether oxygens (including phenoxy) is 1. The van der Waals surface area contributed by atoms with E-state index in [-0.39, 0.29) is 5.97 Å². The van der Waals surface area contributed by atoms with E-state index in [0.29, 0.717) is 19.1 Å². The lowest BCUT2D eigenvalue weighted by Gasteiger charge is -2.22. The van der Waals surface area contributed by atoms with Crippen LogP contribution in [0.3, 0.4) is 0 Å². The van der Waals surface area contributed by atoms with Crippen LogP contribution in [0.15, 0.2) is 17.5 Å². The summed E-state index contributed by atoms with van der Waals surface area (Å²) in [4.78, 5) is 12.6. The van der Waals surface area contributed by atoms with Gasteiger partial charge in [0.25, 0.3) is 0 Å². The third kappa shape index (κ3) is 4.48. The van der Waals surface area contributed by atoms with Crippen molar-refractivity contribution in [1.29, 1.82) is 0 Å². The summed E-state index contributed by atoms with van der Waals surface area (Å²) in [6, 6.07) is 4.47. The van der Waals surface area contributed by atoms with E-state index < -0.39 is 0 Å². The molecule has 1 aliphatic heterocycles. The summed E-state index contributed by atoms with van der Waals surface area (Å²) in [5.74, 6) is -0.0780. The SMILES string of the molecule is O=C(CCC1CCCCN1)OCc1cccs1. The highest BCUT2D eigenvalue weighted by atomic mass is 32.1. The van der Waals surface area contributed by atoms with Gasteiger partial charge in [0.05, 0.1) is 0 Å². The van der Waals surface area contributed by atoms with Crippen LogP contribution in [0.4, 0.5) is 0 Å². The fraction of sp³-hybridized carbons (Fsp3) is 0.615. The number of nitrogens with one attached hydrogen (secondary N) is 1. The van der Waals surface area contributed by atoms with E-state index in [1.54, 1.807) is 11.3 Å². The number of carbonyl (C=O) groups is 1. The molecule has 0 bridgehead atoms. The van der Waals surface area contributed by atoms with Gasteiger partial charge >= 0.3 is 5.97 Å². The lowest BCUT2D eigenvalue weighted by atomic mass is 10.0. The van der Waals surface area contributed by atoms with Crippen LogP contribution in [-0.2, 0) is 16.1 Å². The van der Waals surface area contributed by atoms with E-state index >= 15 is 0 Å². The number of carbonyl (C=O) groups excluding carboxylic acids is 1. The molecule has 1 atom stereocenters. The molecule has 0 radical (unpaired) electrons. The first-order valence-electron chi connectivity index (χ1n) is 6.26. The second-order valence-corrected chi connectivity index (χ2v) is 5.46. The van der Waals surface area contributed by atoms with E-state index in [2.05, 4.69) is 5.32 Å². The molecule has 3 nitrogen and oxygen atoms in total. The van der Waals surface area contributed by atoms with Crippen LogP contribution in [0.25, 0.3) is 0 Å². The van der Waals surface area contributed by atoms with Gasteiger partial charge in [-0.15, -0.1) is 11.3 Å². The molecule has 1 aromatic rings. The molecule has 0 aromatic carbocycles.